The molecule has 0 radical (unpaired) electrons. The highest BCUT2D eigenvalue weighted by atomic mass is 16.5. The van der Waals surface area contributed by atoms with Crippen molar-refractivity contribution in [2.24, 2.45) is 0 Å². The van der Waals surface area contributed by atoms with Gasteiger partial charge in [-0.3, -0.25) is 0 Å². The van der Waals surface area contributed by atoms with E-state index in [1.165, 1.54) is 7.11 Å². The molecule has 0 aliphatic rings. The number of carbonyl (C=O) groups excluding carboxylic acids is 1. The van der Waals surface area contributed by atoms with Crippen molar-refractivity contribution in [3.05, 3.63) is 41.7 Å². The lowest BCUT2D eigenvalue weighted by molar-refractivity contribution is 0.0566. The van der Waals surface area contributed by atoms with E-state index in [4.69, 9.17) is 10.2 Å². The van der Waals surface area contributed by atoms with Gasteiger partial charge in [-0.15, -0.1) is 0 Å². The molecule has 0 aliphatic carbocycles. The Kier molecular flexibility index (Phi) is 2.87. The molecule has 88 valence electrons. The molecule has 0 spiro atoms. The Labute approximate surface area is 99.0 Å². The lowest BCUT2D eigenvalue weighted by Gasteiger charge is -2.02. The van der Waals surface area contributed by atoms with E-state index in [1.54, 1.807) is 12.1 Å². The number of aryl methyl sites for hydroxylation is 1. The number of nitrogen functional groups attached to an aromatic ring is 1. The van der Waals surface area contributed by atoms with E-state index in [1.807, 2.05) is 25.1 Å². The molecular weight excluding hydrogens is 218 g/mol. The zero-order valence-electron chi connectivity index (χ0n) is 9.69. The number of furan rings is 1. The molecule has 17 heavy (non-hydrogen) atoms. The standard InChI is InChI=1S/C13H13NO3/c1-8-3-4-9(7-10(8)14)11-5-6-12(17-11)13(15)16-2/h3-7H,14H2,1-2H3. The van der Waals surface area contributed by atoms with Gasteiger partial charge in [0.25, 0.3) is 0 Å². The van der Waals surface area contributed by atoms with Crippen LogP contribution in [0.5, 0.6) is 0 Å². The Balaban J connectivity index is 2.37. The van der Waals surface area contributed by atoms with Gasteiger partial charge in [0.15, 0.2) is 0 Å². The first-order valence-corrected chi connectivity index (χ1v) is 5.16. The number of nitrogens with two attached hydrogens (primary N) is 1. The first-order valence-electron chi connectivity index (χ1n) is 5.16. The number of esters is 1. The van der Waals surface area contributed by atoms with E-state index in [-0.39, 0.29) is 5.76 Å². The van der Waals surface area contributed by atoms with Crippen molar-refractivity contribution in [2.75, 3.05) is 12.8 Å². The lowest BCUT2D eigenvalue weighted by atomic mass is 10.1. The number of anilines is 1. The Bertz CT molecular complexity index is 558. The quantitative estimate of drug-likeness (QED) is 0.637. The van der Waals surface area contributed by atoms with Crippen molar-refractivity contribution < 1.29 is 13.9 Å². The van der Waals surface area contributed by atoms with Gasteiger partial charge in [0.05, 0.1) is 7.11 Å². The van der Waals surface area contributed by atoms with Gasteiger partial charge in [-0.1, -0.05) is 12.1 Å². The molecule has 4 nitrogen and oxygen atoms in total. The van der Waals surface area contributed by atoms with Crippen molar-refractivity contribution >= 4 is 11.7 Å². The monoisotopic (exact) mass is 231 g/mol. The zero-order valence-corrected chi connectivity index (χ0v) is 9.69. The molecule has 0 saturated carbocycles. The van der Waals surface area contributed by atoms with Crippen molar-refractivity contribution in [3.63, 3.8) is 0 Å². The molecule has 0 atom stereocenters. The van der Waals surface area contributed by atoms with Gasteiger partial charge >= 0.3 is 5.97 Å². The molecule has 0 bridgehead atoms. The topological polar surface area (TPSA) is 65.5 Å². The minimum Gasteiger partial charge on any atom is -0.463 e. The highest BCUT2D eigenvalue weighted by molar-refractivity contribution is 5.87. The molecule has 2 rings (SSSR count). The maximum absolute atomic E-state index is 11.2. The molecule has 1 heterocycles. The van der Waals surface area contributed by atoms with Gasteiger partial charge in [0.2, 0.25) is 5.76 Å². The minimum atomic E-state index is -0.490. The third-order valence-electron chi connectivity index (χ3n) is 2.56. The molecule has 0 fully saturated rings. The van der Waals surface area contributed by atoms with Crippen LogP contribution in [-0.2, 0) is 4.74 Å². The molecule has 1 aromatic heterocycles. The summed E-state index contributed by atoms with van der Waals surface area (Å²) < 4.78 is 9.96. The Morgan fingerprint density at radius 3 is 2.71 bits per heavy atom. The molecule has 0 unspecified atom stereocenters. The second kappa shape index (κ2) is 4.33. The summed E-state index contributed by atoms with van der Waals surface area (Å²) in [5, 5.41) is 0. The SMILES string of the molecule is COC(=O)c1ccc(-c2ccc(C)c(N)c2)o1. The number of hydrogen-bond acceptors (Lipinski definition) is 4. The predicted octanol–water partition coefficient (Wildman–Crippen LogP) is 2.62. The molecule has 0 amide bonds. The maximum Gasteiger partial charge on any atom is 0.373 e. The van der Waals surface area contributed by atoms with Crippen LogP contribution in [0.3, 0.4) is 0 Å². The summed E-state index contributed by atoms with van der Waals surface area (Å²) in [7, 11) is 1.31. The van der Waals surface area contributed by atoms with Gasteiger partial charge in [-0.05, 0) is 30.7 Å². The van der Waals surface area contributed by atoms with E-state index in [2.05, 4.69) is 4.74 Å². The summed E-state index contributed by atoms with van der Waals surface area (Å²) in [6.45, 7) is 1.93. The third-order valence-corrected chi connectivity index (χ3v) is 2.56. The van der Waals surface area contributed by atoms with Crippen LogP contribution in [0, 0.1) is 6.92 Å². The summed E-state index contributed by atoms with van der Waals surface area (Å²) in [5.41, 5.74) is 8.35. The van der Waals surface area contributed by atoms with Crippen LogP contribution in [0.4, 0.5) is 5.69 Å². The first-order chi connectivity index (χ1) is 8.11. The molecule has 0 aliphatic heterocycles. The van der Waals surface area contributed by atoms with Gasteiger partial charge in [-0.2, -0.15) is 0 Å². The summed E-state index contributed by atoms with van der Waals surface area (Å²) in [5.74, 6) is 0.287. The fourth-order valence-electron chi connectivity index (χ4n) is 1.50. The van der Waals surface area contributed by atoms with E-state index < -0.39 is 5.97 Å². The number of benzene rings is 1. The largest absolute Gasteiger partial charge is 0.463 e. The first kappa shape index (κ1) is 11.3. The molecule has 0 saturated heterocycles. The van der Waals surface area contributed by atoms with E-state index in [9.17, 15) is 4.79 Å². The molecule has 2 aromatic rings. The lowest BCUT2D eigenvalue weighted by Crippen LogP contribution is -1.98. The number of methoxy groups -OCH3 is 1. The summed E-state index contributed by atoms with van der Waals surface area (Å²) in [6.07, 6.45) is 0. The Morgan fingerprint density at radius 2 is 2.06 bits per heavy atom. The van der Waals surface area contributed by atoms with E-state index in [0.29, 0.717) is 11.4 Å². The fourth-order valence-corrected chi connectivity index (χ4v) is 1.50. The van der Waals surface area contributed by atoms with Gasteiger partial charge in [-0.25, -0.2) is 4.79 Å². The highest BCUT2D eigenvalue weighted by Gasteiger charge is 2.12. The second-order valence-electron chi connectivity index (χ2n) is 3.73. The van der Waals surface area contributed by atoms with E-state index >= 15 is 0 Å². The van der Waals surface area contributed by atoms with Crippen LogP contribution in [0.1, 0.15) is 16.1 Å². The average molecular weight is 231 g/mol. The number of carbonyl (C=O) groups is 1. The Morgan fingerprint density at radius 1 is 1.29 bits per heavy atom. The molecule has 4 heteroatoms. The van der Waals surface area contributed by atoms with Crippen LogP contribution < -0.4 is 5.73 Å². The Hall–Kier alpha value is -2.23. The van der Waals surface area contributed by atoms with Gasteiger partial charge in [0, 0.05) is 11.3 Å². The van der Waals surface area contributed by atoms with Crippen molar-refractivity contribution in [3.8, 4) is 11.3 Å². The van der Waals surface area contributed by atoms with Gasteiger partial charge in [0.1, 0.15) is 5.76 Å². The van der Waals surface area contributed by atoms with Crippen LogP contribution in [0.15, 0.2) is 34.7 Å². The summed E-state index contributed by atoms with van der Waals surface area (Å²) >= 11 is 0. The summed E-state index contributed by atoms with van der Waals surface area (Å²) in [4.78, 5) is 11.2. The molecular formula is C13H13NO3. The maximum atomic E-state index is 11.2. The average Bonchev–Trinajstić information content (AvgIpc) is 2.81. The fraction of sp³-hybridized carbons (Fsp3) is 0.154. The van der Waals surface area contributed by atoms with Crippen molar-refractivity contribution in [1.82, 2.24) is 0 Å². The highest BCUT2D eigenvalue weighted by Crippen LogP contribution is 2.25. The number of hydrogen-bond donors (Lipinski definition) is 1. The molecule has 1 aromatic carbocycles. The van der Waals surface area contributed by atoms with Crippen LogP contribution in [0.25, 0.3) is 11.3 Å². The zero-order chi connectivity index (χ0) is 12.4. The second-order valence-corrected chi connectivity index (χ2v) is 3.73. The summed E-state index contributed by atoms with van der Waals surface area (Å²) in [6, 6.07) is 8.92. The number of rotatable bonds is 2. The minimum absolute atomic E-state index is 0.182. The van der Waals surface area contributed by atoms with E-state index in [0.717, 1.165) is 11.1 Å². The normalized spacial score (nSPS) is 10.2. The molecule has 2 N–H and O–H groups in total. The van der Waals surface area contributed by atoms with Crippen molar-refractivity contribution in [2.45, 2.75) is 6.92 Å². The van der Waals surface area contributed by atoms with Crippen molar-refractivity contribution in [1.29, 1.82) is 0 Å². The van der Waals surface area contributed by atoms with Crippen LogP contribution in [-0.4, -0.2) is 13.1 Å². The predicted molar refractivity (Wildman–Crippen MR) is 64.6 cm³/mol. The third kappa shape index (κ3) is 2.15. The smallest absolute Gasteiger partial charge is 0.373 e. The van der Waals surface area contributed by atoms with Crippen LogP contribution >= 0.6 is 0 Å². The van der Waals surface area contributed by atoms with Crippen LogP contribution in [0.2, 0.25) is 0 Å². The number of ether oxygens (including phenoxy) is 1. The van der Waals surface area contributed by atoms with Gasteiger partial charge < -0.3 is 14.9 Å².